The summed E-state index contributed by atoms with van der Waals surface area (Å²) in [5.41, 5.74) is 2.58. The fraction of sp³-hybridized carbons (Fsp3) is 0.250. The minimum Gasteiger partial charge on any atom is -0.326 e. The van der Waals surface area contributed by atoms with Crippen LogP contribution in [0.5, 0.6) is 0 Å². The molecule has 0 saturated carbocycles. The highest BCUT2D eigenvalue weighted by molar-refractivity contribution is 8.19. The molecule has 1 fully saturated rings. The summed E-state index contributed by atoms with van der Waals surface area (Å²) >= 11 is 3.88. The first-order valence-electron chi connectivity index (χ1n) is 8.78. The van der Waals surface area contributed by atoms with Gasteiger partial charge in [0.25, 0.3) is 5.56 Å². The van der Waals surface area contributed by atoms with Crippen LogP contribution in [-0.2, 0) is 11.3 Å². The van der Waals surface area contributed by atoms with Crippen LogP contribution in [0.2, 0.25) is 0 Å². The van der Waals surface area contributed by atoms with Crippen LogP contribution in [0, 0.1) is 0 Å². The van der Waals surface area contributed by atoms with Crippen LogP contribution in [0.3, 0.4) is 0 Å². The number of anilines is 1. The largest absolute Gasteiger partial charge is 0.326 e. The quantitative estimate of drug-likeness (QED) is 0.707. The third kappa shape index (κ3) is 4.20. The maximum Gasteiger partial charge on any atom is 0.261 e. The van der Waals surface area contributed by atoms with Crippen molar-refractivity contribution in [3.05, 3.63) is 70.8 Å². The van der Waals surface area contributed by atoms with E-state index in [1.807, 2.05) is 59.9 Å². The molecule has 0 aliphatic carbocycles. The van der Waals surface area contributed by atoms with Gasteiger partial charge in [0.2, 0.25) is 5.91 Å². The summed E-state index contributed by atoms with van der Waals surface area (Å²) in [5.74, 6) is 2.22. The Bertz CT molecular complexity index is 1030. The Kier molecular flexibility index (Phi) is 5.50. The fourth-order valence-corrected chi connectivity index (χ4v) is 5.86. The lowest BCUT2D eigenvalue weighted by Gasteiger charge is -2.11. The Labute approximate surface area is 165 Å². The summed E-state index contributed by atoms with van der Waals surface area (Å²) in [6, 6.07) is 15.2. The molecule has 1 amide bonds. The van der Waals surface area contributed by atoms with Gasteiger partial charge in [-0.05, 0) is 29.8 Å². The van der Waals surface area contributed by atoms with Gasteiger partial charge in [0, 0.05) is 30.2 Å². The van der Waals surface area contributed by atoms with E-state index in [1.165, 1.54) is 28.0 Å². The molecule has 1 aliphatic rings. The molecule has 0 unspecified atom stereocenters. The number of aromatic nitrogens is 2. The second kappa shape index (κ2) is 8.19. The van der Waals surface area contributed by atoms with Crippen LogP contribution in [0.25, 0.3) is 10.9 Å². The monoisotopic (exact) mass is 397 g/mol. The molecule has 0 radical (unpaired) electrons. The number of thioether (sulfide) groups is 2. The number of carbonyl (C=O) groups is 1. The van der Waals surface area contributed by atoms with E-state index in [2.05, 4.69) is 16.4 Å². The molecular formula is C20H19N3O2S2. The van der Waals surface area contributed by atoms with E-state index >= 15 is 0 Å². The van der Waals surface area contributed by atoms with Crippen LogP contribution in [-0.4, -0.2) is 27.0 Å². The molecule has 1 aromatic heterocycles. The number of rotatable bonds is 5. The third-order valence-electron chi connectivity index (χ3n) is 4.38. The van der Waals surface area contributed by atoms with Crippen LogP contribution in [0.15, 0.2) is 59.7 Å². The lowest BCUT2D eigenvalue weighted by atomic mass is 10.2. The van der Waals surface area contributed by atoms with Crippen molar-refractivity contribution in [2.45, 2.75) is 17.5 Å². The molecule has 3 aromatic rings. The number of carbonyl (C=O) groups excluding carboxylic acids is 1. The summed E-state index contributed by atoms with van der Waals surface area (Å²) in [5, 5.41) is 3.51. The Balaban J connectivity index is 1.41. The molecule has 1 saturated heterocycles. The number of para-hydroxylation sites is 1. The summed E-state index contributed by atoms with van der Waals surface area (Å²) in [6.07, 6.45) is 1.73. The molecule has 1 aliphatic heterocycles. The van der Waals surface area contributed by atoms with Crippen molar-refractivity contribution < 1.29 is 4.79 Å². The number of nitrogens with zero attached hydrogens (tertiary/aromatic N) is 2. The highest BCUT2D eigenvalue weighted by Crippen LogP contribution is 2.45. The standard InChI is InChI=1S/C20H19N3O2S2/c24-18(22-15-5-3-4-14(12-15)20-26-10-11-27-20)8-9-23-13-21-17-7-2-1-6-16(17)19(23)25/h1-7,12-13,20H,8-11H2,(H,22,24). The zero-order valence-electron chi connectivity index (χ0n) is 14.6. The van der Waals surface area contributed by atoms with Crippen molar-refractivity contribution in [2.24, 2.45) is 0 Å². The van der Waals surface area contributed by atoms with Gasteiger partial charge in [-0.15, -0.1) is 23.5 Å². The second-order valence-corrected chi connectivity index (χ2v) is 8.98. The minimum absolute atomic E-state index is 0.112. The third-order valence-corrected chi connectivity index (χ3v) is 7.48. The van der Waals surface area contributed by atoms with E-state index < -0.39 is 0 Å². The smallest absolute Gasteiger partial charge is 0.261 e. The summed E-state index contributed by atoms with van der Waals surface area (Å²) in [4.78, 5) is 29.1. The molecule has 0 atom stereocenters. The minimum atomic E-state index is -0.120. The van der Waals surface area contributed by atoms with Gasteiger partial charge >= 0.3 is 0 Å². The van der Waals surface area contributed by atoms with E-state index in [1.54, 1.807) is 6.07 Å². The van der Waals surface area contributed by atoms with Crippen molar-refractivity contribution in [1.29, 1.82) is 0 Å². The van der Waals surface area contributed by atoms with Gasteiger partial charge in [-0.2, -0.15) is 0 Å². The Morgan fingerprint density at radius 1 is 1.15 bits per heavy atom. The molecule has 5 nitrogen and oxygen atoms in total. The average Bonchev–Trinajstić information content (AvgIpc) is 3.23. The molecule has 4 rings (SSSR count). The maximum absolute atomic E-state index is 12.5. The normalized spacial score (nSPS) is 14.5. The number of benzene rings is 2. The SMILES string of the molecule is O=C(CCn1cnc2ccccc2c1=O)Nc1cccc(C2SCCS2)c1. The Morgan fingerprint density at radius 3 is 2.81 bits per heavy atom. The predicted molar refractivity (Wildman–Crippen MR) is 113 cm³/mol. The first-order valence-corrected chi connectivity index (χ1v) is 10.9. The number of hydrogen-bond donors (Lipinski definition) is 1. The van der Waals surface area contributed by atoms with Crippen LogP contribution < -0.4 is 10.9 Å². The number of hydrogen-bond acceptors (Lipinski definition) is 5. The van der Waals surface area contributed by atoms with Gasteiger partial charge in [-0.25, -0.2) is 4.98 Å². The van der Waals surface area contributed by atoms with Crippen LogP contribution in [0.1, 0.15) is 16.6 Å². The van der Waals surface area contributed by atoms with Crippen molar-refractivity contribution in [3.63, 3.8) is 0 Å². The van der Waals surface area contributed by atoms with Crippen molar-refractivity contribution in [2.75, 3.05) is 16.8 Å². The number of fused-ring (bicyclic) bond motifs is 1. The highest BCUT2D eigenvalue weighted by Gasteiger charge is 2.18. The van der Waals surface area contributed by atoms with Crippen molar-refractivity contribution in [3.8, 4) is 0 Å². The summed E-state index contributed by atoms with van der Waals surface area (Å²) < 4.78 is 1.94. The van der Waals surface area contributed by atoms with Crippen LogP contribution >= 0.6 is 23.5 Å². The van der Waals surface area contributed by atoms with E-state index in [0.29, 0.717) is 22.0 Å². The Morgan fingerprint density at radius 2 is 1.96 bits per heavy atom. The second-order valence-electron chi connectivity index (χ2n) is 6.26. The number of aryl methyl sites for hydroxylation is 1. The van der Waals surface area contributed by atoms with Crippen molar-refractivity contribution >= 4 is 46.0 Å². The van der Waals surface area contributed by atoms with Gasteiger partial charge in [-0.3, -0.25) is 14.2 Å². The maximum atomic E-state index is 12.5. The molecule has 2 heterocycles. The van der Waals surface area contributed by atoms with Gasteiger partial charge in [-0.1, -0.05) is 24.3 Å². The first-order chi connectivity index (χ1) is 13.2. The molecule has 27 heavy (non-hydrogen) atoms. The number of amides is 1. The van der Waals surface area contributed by atoms with E-state index in [4.69, 9.17) is 0 Å². The lowest BCUT2D eigenvalue weighted by molar-refractivity contribution is -0.116. The zero-order chi connectivity index (χ0) is 18.6. The van der Waals surface area contributed by atoms with Gasteiger partial charge < -0.3 is 5.32 Å². The van der Waals surface area contributed by atoms with E-state index in [9.17, 15) is 9.59 Å². The molecule has 0 bridgehead atoms. The molecule has 1 N–H and O–H groups in total. The highest BCUT2D eigenvalue weighted by atomic mass is 32.2. The molecule has 138 valence electrons. The zero-order valence-corrected chi connectivity index (χ0v) is 16.3. The molecular weight excluding hydrogens is 378 g/mol. The Hall–Kier alpha value is -2.25. The van der Waals surface area contributed by atoms with Gasteiger partial charge in [0.15, 0.2) is 0 Å². The summed E-state index contributed by atoms with van der Waals surface area (Å²) in [7, 11) is 0. The van der Waals surface area contributed by atoms with Gasteiger partial charge in [0.05, 0.1) is 21.8 Å². The average molecular weight is 398 g/mol. The fourth-order valence-electron chi connectivity index (χ4n) is 3.02. The van der Waals surface area contributed by atoms with Gasteiger partial charge in [0.1, 0.15) is 0 Å². The van der Waals surface area contributed by atoms with Crippen LogP contribution in [0.4, 0.5) is 5.69 Å². The lowest BCUT2D eigenvalue weighted by Crippen LogP contribution is -2.23. The first kappa shape index (κ1) is 18.1. The summed E-state index contributed by atoms with van der Waals surface area (Å²) in [6.45, 7) is 0.302. The van der Waals surface area contributed by atoms with E-state index in [-0.39, 0.29) is 17.9 Å². The number of nitrogens with one attached hydrogen (secondary N) is 1. The van der Waals surface area contributed by atoms with Crippen molar-refractivity contribution in [1.82, 2.24) is 9.55 Å². The topological polar surface area (TPSA) is 64.0 Å². The van der Waals surface area contributed by atoms with E-state index in [0.717, 1.165) is 5.69 Å². The predicted octanol–water partition coefficient (Wildman–Crippen LogP) is 3.90. The molecule has 2 aromatic carbocycles. The molecule has 0 spiro atoms. The molecule has 7 heteroatoms.